The van der Waals surface area contributed by atoms with Crippen molar-refractivity contribution in [1.82, 2.24) is 9.73 Å². The predicted molar refractivity (Wildman–Crippen MR) is 110 cm³/mol. The third-order valence-corrected chi connectivity index (χ3v) is 5.99. The van der Waals surface area contributed by atoms with Crippen LogP contribution in [-0.4, -0.2) is 69.6 Å². The van der Waals surface area contributed by atoms with Crippen LogP contribution in [0.4, 0.5) is 20.6 Å². The normalized spacial score (nSPS) is 20.4. The van der Waals surface area contributed by atoms with Crippen LogP contribution in [0.5, 0.6) is 0 Å². The third kappa shape index (κ3) is 4.94. The maximum absolute atomic E-state index is 14.8. The number of halogens is 1. The fourth-order valence-electron chi connectivity index (χ4n) is 2.99. The van der Waals surface area contributed by atoms with Crippen LogP contribution in [0.1, 0.15) is 20.8 Å². The molecule has 2 aliphatic heterocycles. The van der Waals surface area contributed by atoms with Crippen molar-refractivity contribution < 1.29 is 28.4 Å². The number of cyclic esters (lactones) is 1. The van der Waals surface area contributed by atoms with E-state index < -0.39 is 34.3 Å². The second-order valence-corrected chi connectivity index (χ2v) is 9.30. The molecule has 2 atom stereocenters. The molecule has 30 heavy (non-hydrogen) atoms. The van der Waals surface area contributed by atoms with Crippen LogP contribution < -0.4 is 15.1 Å². The van der Waals surface area contributed by atoms with Gasteiger partial charge in [-0.05, 0) is 18.2 Å². The zero-order valence-electron chi connectivity index (χ0n) is 16.9. The molecule has 2 amide bonds. The number of hydrogen-bond donors (Lipinski definition) is 2. The number of rotatable bonds is 6. The minimum Gasteiger partial charge on any atom is -0.589 e. The summed E-state index contributed by atoms with van der Waals surface area (Å²) in [5.41, 5.74) is 0.587. The highest BCUT2D eigenvalue weighted by atomic mass is 32.2. The largest absolute Gasteiger partial charge is 0.589 e. The number of hydrazone groups is 1. The van der Waals surface area contributed by atoms with Gasteiger partial charge in [-0.2, -0.15) is 0 Å². The van der Waals surface area contributed by atoms with Gasteiger partial charge in [-0.25, -0.2) is 9.18 Å². The summed E-state index contributed by atoms with van der Waals surface area (Å²) >= 11 is -1.73. The number of ether oxygens (including phenoxy) is 1. The number of nitrogens with one attached hydrogen (secondary N) is 1. The molecule has 1 aromatic carbocycles. The van der Waals surface area contributed by atoms with Crippen LogP contribution in [-0.2, 0) is 20.9 Å². The monoisotopic (exact) mass is 441 g/mol. The molecule has 2 aliphatic rings. The average Bonchev–Trinajstić information content (AvgIpc) is 3.06. The number of aliphatic hydroxyl groups is 1. The molecule has 2 heterocycles. The summed E-state index contributed by atoms with van der Waals surface area (Å²) in [5.74, 6) is -0.790. The smallest absolute Gasteiger partial charge is 0.414 e. The lowest BCUT2D eigenvalue weighted by Gasteiger charge is -2.33. The summed E-state index contributed by atoms with van der Waals surface area (Å²) in [4.78, 5) is 24.5. The minimum atomic E-state index is -1.73. The van der Waals surface area contributed by atoms with Crippen LogP contribution in [0.15, 0.2) is 23.3 Å². The highest BCUT2D eigenvalue weighted by Gasteiger charge is 2.37. The molecule has 3 rings (SSSR count). The summed E-state index contributed by atoms with van der Waals surface area (Å²) in [6, 6.07) is 4.34. The van der Waals surface area contributed by atoms with Gasteiger partial charge in [0.25, 0.3) is 0 Å². The fraction of sp³-hybridized carbons (Fsp3) is 0.500. The zero-order valence-corrected chi connectivity index (χ0v) is 17.7. The molecule has 0 radical (unpaired) electrons. The first kappa shape index (κ1) is 22.1. The summed E-state index contributed by atoms with van der Waals surface area (Å²) in [6.45, 7) is 5.14. The van der Waals surface area contributed by atoms with Gasteiger partial charge in [-0.1, -0.05) is 0 Å². The van der Waals surface area contributed by atoms with Gasteiger partial charge in [0.15, 0.2) is 0 Å². The van der Waals surface area contributed by atoms with E-state index in [1.807, 2.05) is 0 Å². The van der Waals surface area contributed by atoms with Crippen molar-refractivity contribution in [3.63, 3.8) is 0 Å². The van der Waals surface area contributed by atoms with Gasteiger partial charge in [-0.15, -0.1) is 9.52 Å². The average molecular weight is 441 g/mol. The molecule has 10 nitrogen and oxygen atoms in total. The quantitative estimate of drug-likeness (QED) is 0.625. The molecular weight excluding hydrogens is 417 g/mol. The Hall–Kier alpha value is -2.57. The highest BCUT2D eigenvalue weighted by molar-refractivity contribution is 7.90. The van der Waals surface area contributed by atoms with Crippen LogP contribution in [0.2, 0.25) is 0 Å². The van der Waals surface area contributed by atoms with E-state index in [0.29, 0.717) is 12.2 Å². The van der Waals surface area contributed by atoms with Crippen LogP contribution >= 0.6 is 0 Å². The minimum absolute atomic E-state index is 0.185. The maximum atomic E-state index is 14.8. The maximum Gasteiger partial charge on any atom is 0.414 e. The van der Waals surface area contributed by atoms with Crippen LogP contribution in [0, 0.1) is 5.82 Å². The van der Waals surface area contributed by atoms with Crippen molar-refractivity contribution in [3.05, 3.63) is 24.0 Å². The SMILES string of the molecule is CC(=O)NC[C@H]1CN(c2ccc(N3C=NN([S+]([O-])C(C)(C)O)CC3)c(F)c2)C(=O)O1. The molecule has 1 saturated heterocycles. The summed E-state index contributed by atoms with van der Waals surface area (Å²) < 4.78 is 33.4. The number of carbonyl (C=O) groups is 2. The standard InChI is InChI=1S/C18H24FN5O5S/c1-12(25)20-9-14-10-23(17(26)29-14)13-4-5-16(15(19)8-13)22-6-7-24(21-11-22)30(28)18(2,3)27/h4-5,8,11,14,27H,6-7,9-10H2,1-3H3,(H,20,25)/t14-,30?/m0/s1. The fourth-order valence-corrected chi connectivity index (χ4v) is 3.88. The van der Waals surface area contributed by atoms with Gasteiger partial charge in [0, 0.05) is 27.3 Å². The Balaban J connectivity index is 1.68. The van der Waals surface area contributed by atoms with E-state index in [1.54, 1.807) is 11.0 Å². The number of hydrogen-bond acceptors (Lipinski definition) is 8. The Bertz CT molecular complexity index is 849. The highest BCUT2D eigenvalue weighted by Crippen LogP contribution is 2.29. The molecule has 0 saturated carbocycles. The first-order valence-electron chi connectivity index (χ1n) is 9.31. The lowest BCUT2D eigenvalue weighted by molar-refractivity contribution is -0.119. The Morgan fingerprint density at radius 3 is 2.77 bits per heavy atom. The topological polar surface area (TPSA) is 121 Å². The van der Waals surface area contributed by atoms with Crippen molar-refractivity contribution in [2.75, 3.05) is 36.0 Å². The van der Waals surface area contributed by atoms with E-state index in [9.17, 15) is 23.6 Å². The summed E-state index contributed by atoms with van der Waals surface area (Å²) in [7, 11) is 0. The number of benzene rings is 1. The van der Waals surface area contributed by atoms with E-state index >= 15 is 0 Å². The Morgan fingerprint density at radius 1 is 1.47 bits per heavy atom. The molecule has 164 valence electrons. The lowest BCUT2D eigenvalue weighted by atomic mass is 10.2. The number of anilines is 2. The van der Waals surface area contributed by atoms with Gasteiger partial charge < -0.3 is 24.6 Å². The third-order valence-electron chi connectivity index (χ3n) is 4.48. The Labute approximate surface area is 176 Å². The Morgan fingerprint density at radius 2 is 2.20 bits per heavy atom. The first-order valence-corrected chi connectivity index (χ1v) is 10.4. The van der Waals surface area contributed by atoms with Gasteiger partial charge >= 0.3 is 6.09 Å². The van der Waals surface area contributed by atoms with E-state index in [4.69, 9.17) is 4.74 Å². The van der Waals surface area contributed by atoms with Crippen molar-refractivity contribution in [1.29, 1.82) is 0 Å². The first-order chi connectivity index (χ1) is 14.1. The van der Waals surface area contributed by atoms with Gasteiger partial charge in [-0.3, -0.25) is 9.69 Å². The molecule has 1 fully saturated rings. The molecular formula is C18H24FN5O5S. The van der Waals surface area contributed by atoms with Crippen molar-refractivity contribution in [2.45, 2.75) is 31.8 Å². The molecule has 0 aliphatic carbocycles. The van der Waals surface area contributed by atoms with Crippen molar-refractivity contribution in [2.24, 2.45) is 5.10 Å². The molecule has 0 bridgehead atoms. The second kappa shape index (κ2) is 8.66. The molecule has 1 aromatic rings. The number of nitrogens with zero attached hydrogens (tertiary/aromatic N) is 4. The van der Waals surface area contributed by atoms with Gasteiger partial charge in [0.05, 0.1) is 24.5 Å². The number of amides is 2. The Kier molecular flexibility index (Phi) is 6.38. The summed E-state index contributed by atoms with van der Waals surface area (Å²) in [6.07, 6.45) is 0.224. The predicted octanol–water partition coefficient (Wildman–Crippen LogP) is 0.744. The van der Waals surface area contributed by atoms with E-state index in [2.05, 4.69) is 10.4 Å². The summed E-state index contributed by atoms with van der Waals surface area (Å²) in [5, 5.41) is 16.5. The molecule has 2 N–H and O–H groups in total. The zero-order chi connectivity index (χ0) is 22.1. The van der Waals surface area contributed by atoms with E-state index in [-0.39, 0.29) is 31.2 Å². The van der Waals surface area contributed by atoms with Crippen molar-refractivity contribution in [3.8, 4) is 0 Å². The van der Waals surface area contributed by atoms with Gasteiger partial charge in [0.1, 0.15) is 36.2 Å². The van der Waals surface area contributed by atoms with Crippen LogP contribution in [0.3, 0.4) is 0 Å². The van der Waals surface area contributed by atoms with Gasteiger partial charge in [0.2, 0.25) is 10.8 Å². The van der Waals surface area contributed by atoms with Crippen LogP contribution in [0.25, 0.3) is 0 Å². The second-order valence-electron chi connectivity index (χ2n) is 7.39. The van der Waals surface area contributed by atoms with Crippen molar-refractivity contribution >= 4 is 41.1 Å². The van der Waals surface area contributed by atoms with E-state index in [0.717, 1.165) is 0 Å². The van der Waals surface area contributed by atoms with E-state index in [1.165, 1.54) is 48.6 Å². The number of carbonyl (C=O) groups excluding carboxylic acids is 2. The molecule has 0 aromatic heterocycles. The lowest BCUT2D eigenvalue weighted by Crippen LogP contribution is -2.47. The molecule has 0 spiro atoms. The molecule has 1 unspecified atom stereocenters. The molecule has 12 heteroatoms.